The summed E-state index contributed by atoms with van der Waals surface area (Å²) in [6, 6.07) is -0.675. The molecule has 2 rings (SSSR count). The molecule has 1 atom stereocenters. The van der Waals surface area contributed by atoms with E-state index < -0.39 is 17.6 Å². The smallest absolute Gasteiger partial charge is 0.410 e. The quantitative estimate of drug-likeness (QED) is 0.816. The summed E-state index contributed by atoms with van der Waals surface area (Å²) in [5.41, 5.74) is 1.57. The number of nitrogens with zero attached hydrogens (tertiary/aromatic N) is 1. The maximum absolute atomic E-state index is 12.0. The molecule has 0 unspecified atom stereocenters. The van der Waals surface area contributed by atoms with Crippen molar-refractivity contribution in [2.45, 2.75) is 38.8 Å². The van der Waals surface area contributed by atoms with Crippen LogP contribution in [0.25, 0.3) is 0 Å². The number of rotatable bonds is 2. The molecule has 6 heteroatoms. The fourth-order valence-electron chi connectivity index (χ4n) is 2.26. The van der Waals surface area contributed by atoms with Gasteiger partial charge in [-0.05, 0) is 38.3 Å². The van der Waals surface area contributed by atoms with Gasteiger partial charge in [0, 0.05) is 19.3 Å². The van der Waals surface area contributed by atoms with Crippen LogP contribution in [0.1, 0.15) is 27.2 Å². The molecule has 6 nitrogen and oxygen atoms in total. The van der Waals surface area contributed by atoms with E-state index in [2.05, 4.69) is 5.32 Å². The fraction of sp³-hybridized carbons (Fsp3) is 0.500. The Kier molecular flexibility index (Phi) is 4.59. The summed E-state index contributed by atoms with van der Waals surface area (Å²) >= 11 is 0. The predicted molar refractivity (Wildman–Crippen MR) is 82.3 cm³/mol. The summed E-state index contributed by atoms with van der Waals surface area (Å²) < 4.78 is 5.35. The van der Waals surface area contributed by atoms with Crippen LogP contribution in [-0.4, -0.2) is 46.8 Å². The van der Waals surface area contributed by atoms with E-state index in [0.717, 1.165) is 17.6 Å². The molecule has 0 saturated carbocycles. The van der Waals surface area contributed by atoms with Crippen molar-refractivity contribution in [2.24, 2.45) is 0 Å². The molecule has 22 heavy (non-hydrogen) atoms. The molecule has 0 aromatic heterocycles. The van der Waals surface area contributed by atoms with Gasteiger partial charge < -0.3 is 20.1 Å². The van der Waals surface area contributed by atoms with E-state index in [1.807, 2.05) is 32.9 Å². The molecule has 2 N–H and O–H groups in total. The molecule has 0 aromatic rings. The van der Waals surface area contributed by atoms with Crippen molar-refractivity contribution < 1.29 is 19.4 Å². The number of aliphatic carboxylic acids is 1. The van der Waals surface area contributed by atoms with E-state index in [1.165, 1.54) is 0 Å². The van der Waals surface area contributed by atoms with Gasteiger partial charge in [0.05, 0.1) is 0 Å². The van der Waals surface area contributed by atoms with Crippen LogP contribution < -0.4 is 5.32 Å². The van der Waals surface area contributed by atoms with Gasteiger partial charge >= 0.3 is 12.1 Å². The first-order valence-electron chi connectivity index (χ1n) is 7.31. The zero-order valence-corrected chi connectivity index (χ0v) is 13.1. The van der Waals surface area contributed by atoms with Gasteiger partial charge in [-0.1, -0.05) is 18.2 Å². The number of carbonyl (C=O) groups excluding carboxylic acids is 1. The molecule has 2 aliphatic rings. The summed E-state index contributed by atoms with van der Waals surface area (Å²) in [4.78, 5) is 24.5. The number of carboxylic acids is 1. The summed E-state index contributed by atoms with van der Waals surface area (Å²) in [6.45, 7) is 6.63. The van der Waals surface area contributed by atoms with Gasteiger partial charge in [-0.2, -0.15) is 0 Å². The molecular weight excluding hydrogens is 284 g/mol. The average molecular weight is 306 g/mol. The number of dihydropyridines is 1. The van der Waals surface area contributed by atoms with Gasteiger partial charge in [-0.25, -0.2) is 9.59 Å². The second kappa shape index (κ2) is 6.25. The molecule has 0 aromatic carbocycles. The van der Waals surface area contributed by atoms with E-state index in [9.17, 15) is 9.59 Å². The van der Waals surface area contributed by atoms with E-state index in [4.69, 9.17) is 9.84 Å². The maximum Gasteiger partial charge on any atom is 0.410 e. The lowest BCUT2D eigenvalue weighted by Gasteiger charge is -2.30. The van der Waals surface area contributed by atoms with Crippen LogP contribution >= 0.6 is 0 Å². The molecule has 120 valence electrons. The van der Waals surface area contributed by atoms with E-state index in [-0.39, 0.29) is 6.09 Å². The van der Waals surface area contributed by atoms with Crippen LogP contribution in [0.5, 0.6) is 0 Å². The minimum atomic E-state index is -0.903. The summed E-state index contributed by atoms with van der Waals surface area (Å²) in [7, 11) is 0. The molecular formula is C16H22N2O4. The van der Waals surface area contributed by atoms with E-state index >= 15 is 0 Å². The zero-order valence-electron chi connectivity index (χ0n) is 13.1. The highest BCUT2D eigenvalue weighted by molar-refractivity contribution is 5.77. The molecule has 0 aliphatic carbocycles. The largest absolute Gasteiger partial charge is 0.479 e. The van der Waals surface area contributed by atoms with Crippen LogP contribution in [0.3, 0.4) is 0 Å². The Labute approximate surface area is 130 Å². The lowest BCUT2D eigenvalue weighted by Crippen LogP contribution is -2.39. The minimum absolute atomic E-state index is 0.306. The second-order valence-electron chi connectivity index (χ2n) is 6.35. The number of hydrogen-bond donors (Lipinski definition) is 2. The van der Waals surface area contributed by atoms with Crippen molar-refractivity contribution in [3.63, 3.8) is 0 Å². The van der Waals surface area contributed by atoms with Crippen molar-refractivity contribution in [3.8, 4) is 0 Å². The first-order chi connectivity index (χ1) is 10.3. The number of ether oxygens (including phenoxy) is 1. The number of carbonyl (C=O) groups is 2. The van der Waals surface area contributed by atoms with Crippen LogP contribution in [0.2, 0.25) is 0 Å². The topological polar surface area (TPSA) is 78.9 Å². The third kappa shape index (κ3) is 4.13. The molecule has 2 heterocycles. The molecule has 0 spiro atoms. The molecule has 1 amide bonds. The highest BCUT2D eigenvalue weighted by Gasteiger charge is 2.24. The summed E-state index contributed by atoms with van der Waals surface area (Å²) in [6.07, 6.45) is 7.54. The SMILES string of the molecule is CC(C)(C)OC(=O)N1CC=C(C2=CN[C@@H](C(=O)O)C=C2)CC1. The van der Waals surface area contributed by atoms with Crippen molar-refractivity contribution in [1.29, 1.82) is 0 Å². The summed E-state index contributed by atoms with van der Waals surface area (Å²) in [5.74, 6) is -0.903. The number of nitrogens with one attached hydrogen (secondary N) is 1. The van der Waals surface area contributed by atoms with Gasteiger partial charge in [0.1, 0.15) is 11.6 Å². The molecule has 0 saturated heterocycles. The highest BCUT2D eigenvalue weighted by Crippen LogP contribution is 2.22. The zero-order chi connectivity index (χ0) is 16.3. The van der Waals surface area contributed by atoms with Gasteiger partial charge in [0.2, 0.25) is 0 Å². The Hall–Kier alpha value is -2.24. The summed E-state index contributed by atoms with van der Waals surface area (Å²) in [5, 5.41) is 11.7. The molecule has 0 bridgehead atoms. The third-order valence-corrected chi connectivity index (χ3v) is 3.38. The predicted octanol–water partition coefficient (Wildman–Crippen LogP) is 2.05. The number of carboxylic acid groups (broad SMARTS) is 1. The van der Waals surface area contributed by atoms with Crippen LogP contribution in [-0.2, 0) is 9.53 Å². The number of hydrogen-bond acceptors (Lipinski definition) is 4. The molecule has 2 aliphatic heterocycles. The number of amides is 1. The third-order valence-electron chi connectivity index (χ3n) is 3.38. The van der Waals surface area contributed by atoms with Crippen LogP contribution in [0, 0.1) is 0 Å². The Morgan fingerprint density at radius 3 is 2.59 bits per heavy atom. The average Bonchev–Trinajstić information content (AvgIpc) is 2.46. The maximum atomic E-state index is 12.0. The van der Waals surface area contributed by atoms with E-state index in [0.29, 0.717) is 13.1 Å². The molecule has 0 fully saturated rings. The second-order valence-corrected chi connectivity index (χ2v) is 6.35. The first kappa shape index (κ1) is 16.1. The Bertz CT molecular complexity index is 555. The fourth-order valence-corrected chi connectivity index (χ4v) is 2.26. The normalized spacial score (nSPS) is 21.6. The van der Waals surface area contributed by atoms with Crippen molar-refractivity contribution in [1.82, 2.24) is 10.2 Å². The lowest BCUT2D eigenvalue weighted by molar-refractivity contribution is -0.137. The Morgan fingerprint density at radius 2 is 2.14 bits per heavy atom. The monoisotopic (exact) mass is 306 g/mol. The van der Waals surface area contributed by atoms with Gasteiger partial charge in [-0.15, -0.1) is 0 Å². The first-order valence-corrected chi connectivity index (χ1v) is 7.31. The van der Waals surface area contributed by atoms with Crippen LogP contribution in [0.4, 0.5) is 4.79 Å². The minimum Gasteiger partial charge on any atom is -0.479 e. The van der Waals surface area contributed by atoms with Crippen molar-refractivity contribution in [3.05, 3.63) is 35.6 Å². The van der Waals surface area contributed by atoms with Gasteiger partial charge in [0.15, 0.2) is 0 Å². The Balaban J connectivity index is 1.94. The van der Waals surface area contributed by atoms with Crippen LogP contribution in [0.15, 0.2) is 35.6 Å². The van der Waals surface area contributed by atoms with Crippen molar-refractivity contribution >= 4 is 12.1 Å². The number of allylic oxidation sites excluding steroid dienone is 2. The molecule has 0 radical (unpaired) electrons. The standard InChI is InChI=1S/C16H22N2O4/c1-16(2,3)22-15(21)18-8-6-11(7-9-18)12-4-5-13(14(19)20)17-10-12/h4-6,10,13,17H,7-9H2,1-3H3,(H,19,20)/t13-/m1/s1. The lowest BCUT2D eigenvalue weighted by atomic mass is 9.97. The van der Waals surface area contributed by atoms with E-state index in [1.54, 1.807) is 17.2 Å². The van der Waals surface area contributed by atoms with Crippen molar-refractivity contribution in [2.75, 3.05) is 13.1 Å². The van der Waals surface area contributed by atoms with Gasteiger partial charge in [0.25, 0.3) is 0 Å². The highest BCUT2D eigenvalue weighted by atomic mass is 16.6. The Morgan fingerprint density at radius 1 is 1.41 bits per heavy atom. The van der Waals surface area contributed by atoms with Gasteiger partial charge in [-0.3, -0.25) is 0 Å².